The van der Waals surface area contributed by atoms with Crippen LogP contribution in [-0.4, -0.2) is 45.7 Å². The molecule has 2 atom stereocenters. The Kier molecular flexibility index (Phi) is 9.05. The number of rotatable bonds is 11. The van der Waals surface area contributed by atoms with Crippen LogP contribution in [0.1, 0.15) is 56.9 Å². The molecule has 1 heterocycles. The number of aliphatic carboxylic acids is 1. The normalized spacial score (nSPS) is 18.8. The van der Waals surface area contributed by atoms with E-state index in [-0.39, 0.29) is 18.4 Å². The minimum atomic E-state index is -0.750. The number of hydrogen-bond acceptors (Lipinski definition) is 3. The van der Waals surface area contributed by atoms with Gasteiger partial charge in [-0.15, -0.1) is 0 Å². The van der Waals surface area contributed by atoms with E-state index in [1.807, 2.05) is 47.4 Å². The molecule has 0 aromatic heterocycles. The molecule has 27 heavy (non-hydrogen) atoms. The molecule has 5 heteroatoms. The second-order valence-electron chi connectivity index (χ2n) is 7.25. The third-order valence-corrected chi connectivity index (χ3v) is 4.99. The molecular weight excluding hydrogens is 342 g/mol. The third kappa shape index (κ3) is 7.95. The largest absolute Gasteiger partial charge is 0.481 e. The van der Waals surface area contributed by atoms with Gasteiger partial charge in [0.1, 0.15) is 0 Å². The van der Waals surface area contributed by atoms with Crippen molar-refractivity contribution in [3.63, 3.8) is 0 Å². The molecule has 148 valence electrons. The Morgan fingerprint density at radius 2 is 1.93 bits per heavy atom. The van der Waals surface area contributed by atoms with Crippen LogP contribution in [0.15, 0.2) is 42.5 Å². The number of aliphatic hydroxyl groups excluding tert-OH is 1. The second-order valence-corrected chi connectivity index (χ2v) is 7.25. The van der Waals surface area contributed by atoms with Gasteiger partial charge in [0.15, 0.2) is 0 Å². The van der Waals surface area contributed by atoms with Crippen LogP contribution in [0.3, 0.4) is 0 Å². The van der Waals surface area contributed by atoms with E-state index in [4.69, 9.17) is 5.11 Å². The van der Waals surface area contributed by atoms with Crippen molar-refractivity contribution in [2.24, 2.45) is 0 Å². The third-order valence-electron chi connectivity index (χ3n) is 4.99. The number of amides is 1. The Bertz CT molecular complexity index is 614. The first-order chi connectivity index (χ1) is 13.1. The van der Waals surface area contributed by atoms with Crippen LogP contribution in [0, 0.1) is 0 Å². The fourth-order valence-corrected chi connectivity index (χ4v) is 3.53. The number of carboxylic acids is 1. The molecule has 1 fully saturated rings. The lowest BCUT2D eigenvalue weighted by atomic mass is 9.99. The van der Waals surface area contributed by atoms with Gasteiger partial charge in [-0.25, -0.2) is 0 Å². The monoisotopic (exact) mass is 373 g/mol. The van der Waals surface area contributed by atoms with E-state index >= 15 is 0 Å². The Hall–Kier alpha value is -2.14. The van der Waals surface area contributed by atoms with Crippen LogP contribution in [-0.2, 0) is 16.0 Å². The average Bonchev–Trinajstić information content (AvgIpc) is 2.65. The van der Waals surface area contributed by atoms with Gasteiger partial charge in [0.05, 0.1) is 12.1 Å². The number of piperidine rings is 1. The standard InChI is InChI=1S/C22H31NO4/c24-20(17-18-9-4-3-5-10-18)15-14-19-11-8-12-21(25)23(19)16-7-2-1-6-13-22(26)27/h3-5,9-10,14-15,19-20,24H,1-2,6-8,11-13,16-17H2,(H,26,27)/b15-14+/t19-,20?/m1/s1. The van der Waals surface area contributed by atoms with E-state index in [1.54, 1.807) is 0 Å². The highest BCUT2D eigenvalue weighted by atomic mass is 16.4. The summed E-state index contributed by atoms with van der Waals surface area (Å²) >= 11 is 0. The number of unbranched alkanes of at least 4 members (excludes halogenated alkanes) is 3. The van der Waals surface area contributed by atoms with E-state index in [9.17, 15) is 14.7 Å². The number of nitrogens with zero attached hydrogens (tertiary/aromatic N) is 1. The van der Waals surface area contributed by atoms with E-state index in [0.29, 0.717) is 25.8 Å². The summed E-state index contributed by atoms with van der Waals surface area (Å²) in [7, 11) is 0. The van der Waals surface area contributed by atoms with Gasteiger partial charge in [0.2, 0.25) is 5.91 Å². The van der Waals surface area contributed by atoms with E-state index in [0.717, 1.165) is 37.7 Å². The molecule has 1 aromatic rings. The minimum Gasteiger partial charge on any atom is -0.481 e. The van der Waals surface area contributed by atoms with E-state index in [2.05, 4.69) is 0 Å². The van der Waals surface area contributed by atoms with Crippen LogP contribution in [0.4, 0.5) is 0 Å². The summed E-state index contributed by atoms with van der Waals surface area (Å²) < 4.78 is 0. The van der Waals surface area contributed by atoms with Gasteiger partial charge in [-0.1, -0.05) is 55.3 Å². The van der Waals surface area contributed by atoms with Gasteiger partial charge in [-0.2, -0.15) is 0 Å². The summed E-state index contributed by atoms with van der Waals surface area (Å²) in [5, 5.41) is 18.9. The predicted octanol–water partition coefficient (Wildman–Crippen LogP) is 3.56. The average molecular weight is 373 g/mol. The fourth-order valence-electron chi connectivity index (χ4n) is 3.53. The lowest BCUT2D eigenvalue weighted by Gasteiger charge is -2.34. The number of carboxylic acid groups (broad SMARTS) is 1. The molecule has 1 aliphatic heterocycles. The zero-order chi connectivity index (χ0) is 19.5. The zero-order valence-electron chi connectivity index (χ0n) is 15.9. The van der Waals surface area contributed by atoms with Gasteiger partial charge in [-0.3, -0.25) is 9.59 Å². The van der Waals surface area contributed by atoms with Crippen molar-refractivity contribution >= 4 is 11.9 Å². The van der Waals surface area contributed by atoms with Crippen molar-refractivity contribution in [1.82, 2.24) is 4.90 Å². The molecule has 1 aliphatic rings. The maximum atomic E-state index is 12.3. The van der Waals surface area contributed by atoms with E-state index in [1.165, 1.54) is 0 Å². The molecule has 5 nitrogen and oxygen atoms in total. The summed E-state index contributed by atoms with van der Waals surface area (Å²) in [6.45, 7) is 0.704. The first kappa shape index (κ1) is 21.2. The first-order valence-electron chi connectivity index (χ1n) is 9.98. The number of hydrogen-bond donors (Lipinski definition) is 2. The summed E-state index contributed by atoms with van der Waals surface area (Å²) in [5.41, 5.74) is 1.09. The number of benzene rings is 1. The van der Waals surface area contributed by atoms with E-state index < -0.39 is 12.1 Å². The highest BCUT2D eigenvalue weighted by molar-refractivity contribution is 5.77. The highest BCUT2D eigenvalue weighted by Crippen LogP contribution is 2.21. The first-order valence-corrected chi connectivity index (χ1v) is 9.98. The maximum Gasteiger partial charge on any atom is 0.303 e. The Balaban J connectivity index is 1.79. The molecule has 0 bridgehead atoms. The summed E-state index contributed by atoms with van der Waals surface area (Å²) in [6, 6.07) is 9.93. The fraction of sp³-hybridized carbons (Fsp3) is 0.545. The van der Waals surface area contributed by atoms with Crippen LogP contribution in [0.25, 0.3) is 0 Å². The minimum absolute atomic E-state index is 0.0516. The quantitative estimate of drug-likeness (QED) is 0.459. The van der Waals surface area contributed by atoms with Gasteiger partial charge >= 0.3 is 5.97 Å². The SMILES string of the molecule is O=C(O)CCCCCCN1C(=O)CCC[C@@H]1/C=C/C(O)Cc1ccccc1. The summed E-state index contributed by atoms with van der Waals surface area (Å²) in [6.07, 6.45) is 9.84. The highest BCUT2D eigenvalue weighted by Gasteiger charge is 2.25. The molecule has 1 saturated heterocycles. The molecule has 1 amide bonds. The van der Waals surface area contributed by atoms with Crippen LogP contribution >= 0.6 is 0 Å². The number of carbonyl (C=O) groups excluding carboxylic acids is 1. The van der Waals surface area contributed by atoms with Crippen molar-refractivity contribution in [1.29, 1.82) is 0 Å². The van der Waals surface area contributed by atoms with Gasteiger partial charge < -0.3 is 15.1 Å². The molecule has 0 saturated carbocycles. The van der Waals surface area contributed by atoms with Crippen molar-refractivity contribution in [3.05, 3.63) is 48.0 Å². The van der Waals surface area contributed by atoms with Crippen LogP contribution in [0.2, 0.25) is 0 Å². The van der Waals surface area contributed by atoms with Crippen molar-refractivity contribution in [2.45, 2.75) is 69.9 Å². The van der Waals surface area contributed by atoms with Gasteiger partial charge in [-0.05, 0) is 31.2 Å². The van der Waals surface area contributed by atoms with Crippen LogP contribution in [0.5, 0.6) is 0 Å². The number of carbonyl (C=O) groups is 2. The predicted molar refractivity (Wildman–Crippen MR) is 105 cm³/mol. The Morgan fingerprint density at radius 1 is 1.19 bits per heavy atom. The van der Waals surface area contributed by atoms with Crippen LogP contribution < -0.4 is 0 Å². The number of aliphatic hydroxyl groups is 1. The molecular formula is C22H31NO4. The smallest absolute Gasteiger partial charge is 0.303 e. The zero-order valence-corrected chi connectivity index (χ0v) is 15.9. The lowest BCUT2D eigenvalue weighted by molar-refractivity contribution is -0.137. The van der Waals surface area contributed by atoms with Gasteiger partial charge in [0.25, 0.3) is 0 Å². The van der Waals surface area contributed by atoms with Crippen molar-refractivity contribution < 1.29 is 19.8 Å². The summed E-state index contributed by atoms with van der Waals surface area (Å²) in [4.78, 5) is 24.8. The van der Waals surface area contributed by atoms with Crippen molar-refractivity contribution in [2.75, 3.05) is 6.54 Å². The summed E-state index contributed by atoms with van der Waals surface area (Å²) in [5.74, 6) is -0.570. The maximum absolute atomic E-state index is 12.3. The second kappa shape index (κ2) is 11.5. The molecule has 0 radical (unpaired) electrons. The molecule has 2 rings (SSSR count). The molecule has 1 aromatic carbocycles. The molecule has 2 N–H and O–H groups in total. The van der Waals surface area contributed by atoms with Crippen molar-refractivity contribution in [3.8, 4) is 0 Å². The van der Waals surface area contributed by atoms with Gasteiger partial charge in [0, 0.05) is 25.8 Å². The Labute approximate surface area is 161 Å². The lowest BCUT2D eigenvalue weighted by Crippen LogP contribution is -2.43. The number of likely N-dealkylation sites (tertiary alicyclic amines) is 1. The molecule has 1 unspecified atom stereocenters. The Morgan fingerprint density at radius 3 is 2.67 bits per heavy atom. The molecule has 0 aliphatic carbocycles. The molecule has 0 spiro atoms. The topological polar surface area (TPSA) is 77.8 Å².